The van der Waals surface area contributed by atoms with Gasteiger partial charge in [-0.2, -0.15) is 4.31 Å². The molecule has 1 aromatic rings. The van der Waals surface area contributed by atoms with E-state index in [1.807, 2.05) is 0 Å². The highest BCUT2D eigenvalue weighted by atomic mass is 35.5. The first-order chi connectivity index (χ1) is 9.73. The molecule has 0 radical (unpaired) electrons. The van der Waals surface area contributed by atoms with Gasteiger partial charge in [0.15, 0.2) is 4.90 Å². The second-order valence-electron chi connectivity index (χ2n) is 5.07. The number of benzene rings is 1. The van der Waals surface area contributed by atoms with E-state index in [0.29, 0.717) is 6.42 Å². The number of hydrogen-bond donors (Lipinski definition) is 1. The van der Waals surface area contributed by atoms with Crippen LogP contribution in [0.3, 0.4) is 0 Å². The summed E-state index contributed by atoms with van der Waals surface area (Å²) in [5, 5.41) is 20.8. The van der Waals surface area contributed by atoms with Crippen molar-refractivity contribution in [2.24, 2.45) is 5.92 Å². The maximum Gasteiger partial charge on any atom is 0.290 e. The third-order valence-electron chi connectivity index (χ3n) is 3.56. The Bertz CT molecular complexity index is 664. The monoisotopic (exact) mass is 334 g/mol. The molecule has 116 valence electrons. The van der Waals surface area contributed by atoms with Gasteiger partial charge in [0, 0.05) is 24.2 Å². The Morgan fingerprint density at radius 3 is 2.71 bits per heavy atom. The molecule has 9 heteroatoms. The van der Waals surface area contributed by atoms with E-state index in [1.165, 1.54) is 10.4 Å². The zero-order valence-electron chi connectivity index (χ0n) is 11.3. The van der Waals surface area contributed by atoms with Crippen LogP contribution in [0.2, 0.25) is 5.02 Å². The van der Waals surface area contributed by atoms with Crippen molar-refractivity contribution in [1.29, 1.82) is 0 Å². The molecule has 0 amide bonds. The second-order valence-corrected chi connectivity index (χ2v) is 7.41. The smallest absolute Gasteiger partial charge is 0.290 e. The molecule has 1 aromatic carbocycles. The largest absolute Gasteiger partial charge is 0.393 e. The number of halogens is 1. The van der Waals surface area contributed by atoms with Crippen LogP contribution in [-0.4, -0.2) is 41.9 Å². The van der Waals surface area contributed by atoms with Gasteiger partial charge in [0.25, 0.3) is 5.69 Å². The molecule has 2 rings (SSSR count). The number of nitro benzene ring substituents is 1. The lowest BCUT2D eigenvalue weighted by molar-refractivity contribution is -0.387. The van der Waals surface area contributed by atoms with Crippen LogP contribution in [0, 0.1) is 16.0 Å². The summed E-state index contributed by atoms with van der Waals surface area (Å²) < 4.78 is 26.3. The van der Waals surface area contributed by atoms with E-state index in [2.05, 4.69) is 0 Å². The van der Waals surface area contributed by atoms with Crippen LogP contribution in [0.5, 0.6) is 0 Å². The molecule has 0 aromatic heterocycles. The van der Waals surface area contributed by atoms with Crippen LogP contribution in [0.15, 0.2) is 23.1 Å². The molecule has 0 spiro atoms. The second kappa shape index (κ2) is 5.88. The van der Waals surface area contributed by atoms with E-state index in [1.54, 1.807) is 6.92 Å². The van der Waals surface area contributed by atoms with Gasteiger partial charge in [0.05, 0.1) is 11.0 Å². The van der Waals surface area contributed by atoms with E-state index in [0.717, 1.165) is 12.1 Å². The van der Waals surface area contributed by atoms with Crippen molar-refractivity contribution in [3.05, 3.63) is 33.3 Å². The standard InChI is InChI=1S/C12H15ClN2O5S/c1-8-7-14(5-4-11(8)16)21(19,20)12-3-2-9(13)6-10(12)15(17)18/h2-3,6,8,11,16H,4-5,7H2,1H3. The molecule has 2 unspecified atom stereocenters. The fourth-order valence-electron chi connectivity index (χ4n) is 2.30. The number of sulfonamides is 1. The fraction of sp³-hybridized carbons (Fsp3) is 0.500. The average molecular weight is 335 g/mol. The Morgan fingerprint density at radius 1 is 1.48 bits per heavy atom. The van der Waals surface area contributed by atoms with E-state index < -0.39 is 26.7 Å². The number of nitro groups is 1. The summed E-state index contributed by atoms with van der Waals surface area (Å²) in [6.07, 6.45) is -0.251. The minimum absolute atomic E-state index is 0.100. The molecular formula is C12H15ClN2O5S. The summed E-state index contributed by atoms with van der Waals surface area (Å²) in [6.45, 7) is 2.00. The Morgan fingerprint density at radius 2 is 2.14 bits per heavy atom. The molecule has 1 fully saturated rings. The molecule has 1 saturated heterocycles. The summed E-state index contributed by atoms with van der Waals surface area (Å²) in [7, 11) is -3.99. The van der Waals surface area contributed by atoms with Gasteiger partial charge in [-0.1, -0.05) is 18.5 Å². The summed E-state index contributed by atoms with van der Waals surface area (Å²) in [4.78, 5) is 9.91. The van der Waals surface area contributed by atoms with Crippen molar-refractivity contribution in [1.82, 2.24) is 4.31 Å². The average Bonchev–Trinajstić information content (AvgIpc) is 2.41. The van der Waals surface area contributed by atoms with E-state index in [4.69, 9.17) is 11.6 Å². The van der Waals surface area contributed by atoms with Crippen LogP contribution < -0.4 is 0 Å². The van der Waals surface area contributed by atoms with Gasteiger partial charge in [0.1, 0.15) is 0 Å². The first kappa shape index (κ1) is 16.2. The molecule has 21 heavy (non-hydrogen) atoms. The molecule has 1 aliphatic heterocycles. The van der Waals surface area contributed by atoms with E-state index in [-0.39, 0.29) is 28.9 Å². The molecule has 1 N–H and O–H groups in total. The van der Waals surface area contributed by atoms with Crippen LogP contribution in [0.25, 0.3) is 0 Å². The van der Waals surface area contributed by atoms with Gasteiger partial charge < -0.3 is 5.11 Å². The predicted octanol–water partition coefficient (Wildman–Crippen LogP) is 1.64. The summed E-state index contributed by atoms with van der Waals surface area (Å²) >= 11 is 5.69. The van der Waals surface area contributed by atoms with Crippen molar-refractivity contribution >= 4 is 27.3 Å². The van der Waals surface area contributed by atoms with Gasteiger partial charge in [-0.05, 0) is 24.5 Å². The lowest BCUT2D eigenvalue weighted by atomic mass is 9.99. The molecular weight excluding hydrogens is 320 g/mol. The fourth-order valence-corrected chi connectivity index (χ4v) is 4.16. The summed E-state index contributed by atoms with van der Waals surface area (Å²) in [5.41, 5.74) is -0.540. The maximum atomic E-state index is 12.6. The third kappa shape index (κ3) is 3.18. The minimum atomic E-state index is -3.99. The maximum absolute atomic E-state index is 12.6. The lowest BCUT2D eigenvalue weighted by Crippen LogP contribution is -2.44. The van der Waals surface area contributed by atoms with Crippen LogP contribution in [0.4, 0.5) is 5.69 Å². The quantitative estimate of drug-likeness (QED) is 0.669. The first-order valence-electron chi connectivity index (χ1n) is 6.35. The number of rotatable bonds is 3. The lowest BCUT2D eigenvalue weighted by Gasteiger charge is -2.33. The topological polar surface area (TPSA) is 101 Å². The zero-order chi connectivity index (χ0) is 15.8. The van der Waals surface area contributed by atoms with Crippen LogP contribution in [0.1, 0.15) is 13.3 Å². The van der Waals surface area contributed by atoms with E-state index >= 15 is 0 Å². The molecule has 1 heterocycles. The molecule has 0 saturated carbocycles. The van der Waals surface area contributed by atoms with Crippen molar-refractivity contribution < 1.29 is 18.4 Å². The van der Waals surface area contributed by atoms with Crippen LogP contribution in [-0.2, 0) is 10.0 Å². The van der Waals surface area contributed by atoms with Crippen LogP contribution >= 0.6 is 11.6 Å². The first-order valence-corrected chi connectivity index (χ1v) is 8.17. The summed E-state index contributed by atoms with van der Waals surface area (Å²) in [6, 6.07) is 3.48. The molecule has 0 aliphatic carbocycles. The van der Waals surface area contributed by atoms with Gasteiger partial charge in [-0.15, -0.1) is 0 Å². The van der Waals surface area contributed by atoms with Crippen molar-refractivity contribution in [3.63, 3.8) is 0 Å². The third-order valence-corrected chi connectivity index (χ3v) is 5.71. The number of aliphatic hydroxyl groups is 1. The number of piperidine rings is 1. The number of hydrogen-bond acceptors (Lipinski definition) is 5. The zero-order valence-corrected chi connectivity index (χ0v) is 12.8. The Labute approximate surface area is 127 Å². The van der Waals surface area contributed by atoms with Crippen molar-refractivity contribution in [3.8, 4) is 0 Å². The van der Waals surface area contributed by atoms with Gasteiger partial charge in [-0.25, -0.2) is 8.42 Å². The number of aliphatic hydroxyl groups excluding tert-OH is 1. The Hall–Kier alpha value is -1.22. The predicted molar refractivity (Wildman–Crippen MR) is 76.7 cm³/mol. The highest BCUT2D eigenvalue weighted by Gasteiger charge is 2.36. The highest BCUT2D eigenvalue weighted by Crippen LogP contribution is 2.31. The Balaban J connectivity index is 2.43. The normalized spacial score (nSPS) is 24.0. The molecule has 2 atom stereocenters. The molecule has 0 bridgehead atoms. The van der Waals surface area contributed by atoms with E-state index in [9.17, 15) is 23.6 Å². The highest BCUT2D eigenvalue weighted by molar-refractivity contribution is 7.89. The minimum Gasteiger partial charge on any atom is -0.393 e. The van der Waals surface area contributed by atoms with Crippen molar-refractivity contribution in [2.75, 3.05) is 13.1 Å². The molecule has 1 aliphatic rings. The van der Waals surface area contributed by atoms with Crippen molar-refractivity contribution in [2.45, 2.75) is 24.3 Å². The van der Waals surface area contributed by atoms with Gasteiger partial charge >= 0.3 is 0 Å². The van der Waals surface area contributed by atoms with Gasteiger partial charge in [0.2, 0.25) is 10.0 Å². The molecule has 7 nitrogen and oxygen atoms in total. The van der Waals surface area contributed by atoms with Gasteiger partial charge in [-0.3, -0.25) is 10.1 Å². The SMILES string of the molecule is CC1CN(S(=O)(=O)c2ccc(Cl)cc2[N+](=O)[O-])CCC1O. The summed E-state index contributed by atoms with van der Waals surface area (Å²) in [5.74, 6) is -0.222. The Kier molecular flexibility index (Phi) is 4.52. The number of nitrogens with zero attached hydrogens (tertiary/aromatic N) is 2.